The van der Waals surface area contributed by atoms with Crippen LogP contribution >= 0.6 is 11.3 Å². The fourth-order valence-corrected chi connectivity index (χ4v) is 3.22. The number of thiophene rings is 1. The maximum absolute atomic E-state index is 13.0. The second kappa shape index (κ2) is 9.09. The van der Waals surface area contributed by atoms with Gasteiger partial charge in [-0.25, -0.2) is 4.39 Å². The van der Waals surface area contributed by atoms with Crippen molar-refractivity contribution in [3.8, 4) is 0 Å². The maximum Gasteiger partial charge on any atom is 0.307 e. The van der Waals surface area contributed by atoms with Crippen molar-refractivity contribution in [1.82, 2.24) is 0 Å². The van der Waals surface area contributed by atoms with Crippen molar-refractivity contribution >= 4 is 28.9 Å². The highest BCUT2D eigenvalue weighted by molar-refractivity contribution is 7.07. The lowest BCUT2D eigenvalue weighted by atomic mass is 10.1. The zero-order chi connectivity index (χ0) is 19.1. The summed E-state index contributed by atoms with van der Waals surface area (Å²) >= 11 is 1.57. The van der Waals surface area contributed by atoms with Crippen molar-refractivity contribution in [3.05, 3.63) is 88.4 Å². The van der Waals surface area contributed by atoms with Gasteiger partial charge in [0.1, 0.15) is 5.82 Å². The van der Waals surface area contributed by atoms with Gasteiger partial charge in [0.15, 0.2) is 0 Å². The van der Waals surface area contributed by atoms with Crippen molar-refractivity contribution in [3.63, 3.8) is 0 Å². The number of carbonyl (C=O) groups excluding carboxylic acids is 2. The van der Waals surface area contributed by atoms with E-state index in [2.05, 4.69) is 5.32 Å². The van der Waals surface area contributed by atoms with Crippen molar-refractivity contribution < 1.29 is 18.7 Å². The molecule has 0 radical (unpaired) electrons. The third-order valence-corrected chi connectivity index (χ3v) is 4.63. The average molecular weight is 383 g/mol. The van der Waals surface area contributed by atoms with Gasteiger partial charge < -0.3 is 10.1 Å². The fraction of sp³-hybridized carbons (Fsp3) is 0.143. The van der Waals surface area contributed by atoms with Crippen LogP contribution in [-0.2, 0) is 20.7 Å². The van der Waals surface area contributed by atoms with Gasteiger partial charge >= 0.3 is 5.97 Å². The predicted octanol–water partition coefficient (Wildman–Crippen LogP) is 4.74. The van der Waals surface area contributed by atoms with E-state index in [1.165, 1.54) is 24.3 Å². The smallest absolute Gasteiger partial charge is 0.307 e. The fourth-order valence-electron chi connectivity index (χ4n) is 2.51. The largest absolute Gasteiger partial charge is 0.447 e. The molecule has 1 amide bonds. The molecule has 4 nitrogen and oxygen atoms in total. The summed E-state index contributed by atoms with van der Waals surface area (Å²) in [6, 6.07) is 16.2. The summed E-state index contributed by atoms with van der Waals surface area (Å²) in [7, 11) is 0. The summed E-state index contributed by atoms with van der Waals surface area (Å²) in [5, 5.41) is 6.58. The van der Waals surface area contributed by atoms with E-state index in [9.17, 15) is 14.0 Å². The Balaban J connectivity index is 1.69. The third kappa shape index (κ3) is 5.49. The summed E-state index contributed by atoms with van der Waals surface area (Å²) in [5.41, 5.74) is 2.06. The number of hydrogen-bond acceptors (Lipinski definition) is 4. The molecule has 6 heteroatoms. The van der Waals surface area contributed by atoms with Gasteiger partial charge in [-0.2, -0.15) is 11.3 Å². The molecule has 138 valence electrons. The molecule has 0 bridgehead atoms. The Kier molecular flexibility index (Phi) is 6.33. The molecule has 1 N–H and O–H groups in total. The van der Waals surface area contributed by atoms with Crippen molar-refractivity contribution in [2.75, 3.05) is 5.32 Å². The average Bonchev–Trinajstić information content (AvgIpc) is 3.20. The first kappa shape index (κ1) is 18.8. The van der Waals surface area contributed by atoms with Gasteiger partial charge in [-0.1, -0.05) is 30.3 Å². The number of aryl methyl sites for hydroxylation is 1. The summed E-state index contributed by atoms with van der Waals surface area (Å²) < 4.78 is 18.5. The predicted molar refractivity (Wildman–Crippen MR) is 103 cm³/mol. The number of benzene rings is 2. The second-order valence-corrected chi connectivity index (χ2v) is 6.69. The van der Waals surface area contributed by atoms with Gasteiger partial charge in [-0.05, 0) is 53.1 Å². The summed E-state index contributed by atoms with van der Waals surface area (Å²) in [6.45, 7) is 0. The van der Waals surface area contributed by atoms with Crippen LogP contribution in [0.2, 0.25) is 0 Å². The van der Waals surface area contributed by atoms with E-state index in [0.29, 0.717) is 17.7 Å². The van der Waals surface area contributed by atoms with Crippen molar-refractivity contribution in [2.45, 2.75) is 18.9 Å². The molecule has 3 rings (SSSR count). The summed E-state index contributed by atoms with van der Waals surface area (Å²) in [6.07, 6.45) is -0.334. The second-order valence-electron chi connectivity index (χ2n) is 5.91. The zero-order valence-electron chi connectivity index (χ0n) is 14.4. The highest BCUT2D eigenvalue weighted by atomic mass is 32.1. The number of carbonyl (C=O) groups is 2. The minimum atomic E-state index is -1.08. The SMILES string of the molecule is O=C(CCc1ccsc1)O[C@@H](C(=O)Nc1ccc(F)cc1)c1ccccc1. The van der Waals surface area contributed by atoms with Crippen LogP contribution in [0.1, 0.15) is 23.7 Å². The lowest BCUT2D eigenvalue weighted by Crippen LogP contribution is -2.26. The van der Waals surface area contributed by atoms with Crippen LogP contribution in [0, 0.1) is 5.82 Å². The zero-order valence-corrected chi connectivity index (χ0v) is 15.2. The number of anilines is 1. The monoisotopic (exact) mass is 383 g/mol. The number of rotatable bonds is 7. The maximum atomic E-state index is 13.0. The number of ether oxygens (including phenoxy) is 1. The molecule has 0 aliphatic carbocycles. The Labute approximate surface area is 160 Å². The van der Waals surface area contributed by atoms with Gasteiger partial charge in [-0.15, -0.1) is 0 Å². The summed E-state index contributed by atoms with van der Waals surface area (Å²) in [4.78, 5) is 25.0. The molecular weight excluding hydrogens is 365 g/mol. The van der Waals surface area contributed by atoms with Crippen LogP contribution < -0.4 is 5.32 Å². The first-order valence-electron chi connectivity index (χ1n) is 8.44. The van der Waals surface area contributed by atoms with Gasteiger partial charge in [0.2, 0.25) is 6.10 Å². The Morgan fingerprint density at radius 2 is 1.78 bits per heavy atom. The lowest BCUT2D eigenvalue weighted by Gasteiger charge is -2.18. The molecular formula is C21H18FNO3S. The Hall–Kier alpha value is -2.99. The molecule has 3 aromatic rings. The molecule has 0 spiro atoms. The first-order valence-corrected chi connectivity index (χ1v) is 9.38. The highest BCUT2D eigenvalue weighted by Crippen LogP contribution is 2.21. The van der Waals surface area contributed by atoms with E-state index < -0.39 is 23.8 Å². The molecule has 0 fully saturated rings. The third-order valence-electron chi connectivity index (χ3n) is 3.90. The number of nitrogens with one attached hydrogen (secondary N) is 1. The Morgan fingerprint density at radius 1 is 1.04 bits per heavy atom. The molecule has 1 aromatic heterocycles. The van der Waals surface area contributed by atoms with Gasteiger partial charge in [0.05, 0.1) is 0 Å². The van der Waals surface area contributed by atoms with Gasteiger partial charge in [-0.3, -0.25) is 9.59 Å². The topological polar surface area (TPSA) is 55.4 Å². The Morgan fingerprint density at radius 3 is 2.44 bits per heavy atom. The molecule has 27 heavy (non-hydrogen) atoms. The molecule has 0 saturated carbocycles. The molecule has 1 heterocycles. The summed E-state index contributed by atoms with van der Waals surface area (Å²) in [5.74, 6) is -1.34. The standard InChI is InChI=1S/C21H18FNO3S/c22-17-7-9-18(10-8-17)23-21(25)20(16-4-2-1-3-5-16)26-19(24)11-6-15-12-13-27-14-15/h1-5,7-10,12-14,20H,6,11H2,(H,23,25)/t20-/m1/s1. The van der Waals surface area contributed by atoms with Crippen molar-refractivity contribution in [2.24, 2.45) is 0 Å². The van der Waals surface area contributed by atoms with Crippen molar-refractivity contribution in [1.29, 1.82) is 0 Å². The number of hydrogen-bond donors (Lipinski definition) is 1. The minimum absolute atomic E-state index is 0.184. The Bertz CT molecular complexity index is 880. The van der Waals surface area contributed by atoms with E-state index in [4.69, 9.17) is 4.74 Å². The van der Waals surface area contributed by atoms with E-state index in [1.54, 1.807) is 35.6 Å². The highest BCUT2D eigenvalue weighted by Gasteiger charge is 2.25. The first-order chi connectivity index (χ1) is 13.1. The van der Waals surface area contributed by atoms with Crippen LogP contribution in [0.3, 0.4) is 0 Å². The number of halogens is 1. The molecule has 0 aliphatic heterocycles. The van der Waals surface area contributed by atoms with Gasteiger partial charge in [0, 0.05) is 17.7 Å². The van der Waals surface area contributed by atoms with Crippen LogP contribution in [0.25, 0.3) is 0 Å². The lowest BCUT2D eigenvalue weighted by molar-refractivity contribution is -0.154. The van der Waals surface area contributed by atoms with E-state index in [1.807, 2.05) is 22.9 Å². The van der Waals surface area contributed by atoms with E-state index in [0.717, 1.165) is 5.56 Å². The molecule has 2 aromatic carbocycles. The van der Waals surface area contributed by atoms with Crippen LogP contribution in [0.15, 0.2) is 71.4 Å². The molecule has 0 saturated heterocycles. The van der Waals surface area contributed by atoms with E-state index >= 15 is 0 Å². The molecule has 0 aliphatic rings. The van der Waals surface area contributed by atoms with Crippen LogP contribution in [-0.4, -0.2) is 11.9 Å². The van der Waals surface area contributed by atoms with Crippen LogP contribution in [0.4, 0.5) is 10.1 Å². The number of esters is 1. The molecule has 0 unspecified atom stereocenters. The van der Waals surface area contributed by atoms with Gasteiger partial charge in [0.25, 0.3) is 5.91 Å². The van der Waals surface area contributed by atoms with Crippen LogP contribution in [0.5, 0.6) is 0 Å². The quantitative estimate of drug-likeness (QED) is 0.600. The number of amides is 1. The minimum Gasteiger partial charge on any atom is -0.447 e. The molecule has 1 atom stereocenters. The normalized spacial score (nSPS) is 11.6. The van der Waals surface area contributed by atoms with E-state index in [-0.39, 0.29) is 6.42 Å².